The van der Waals surface area contributed by atoms with Gasteiger partial charge < -0.3 is 14.7 Å². The maximum atomic E-state index is 13.1. The fourth-order valence-corrected chi connectivity index (χ4v) is 3.84. The molecule has 1 amide bonds. The first-order valence-electron chi connectivity index (χ1n) is 10.0. The van der Waals surface area contributed by atoms with Gasteiger partial charge in [0.15, 0.2) is 0 Å². The van der Waals surface area contributed by atoms with Gasteiger partial charge in [-0.05, 0) is 30.2 Å². The summed E-state index contributed by atoms with van der Waals surface area (Å²) in [7, 11) is 1.53. The molecule has 1 N–H and O–H groups in total. The molecule has 1 fully saturated rings. The normalized spacial score (nSPS) is 17.7. The van der Waals surface area contributed by atoms with Gasteiger partial charge in [0.25, 0.3) is 11.7 Å². The molecule has 31 heavy (non-hydrogen) atoms. The third-order valence-corrected chi connectivity index (χ3v) is 5.47. The van der Waals surface area contributed by atoms with E-state index in [1.807, 2.05) is 61.5 Å². The number of methoxy groups -OCH3 is 1. The van der Waals surface area contributed by atoms with Crippen LogP contribution < -0.4 is 4.74 Å². The average molecular weight is 413 g/mol. The van der Waals surface area contributed by atoms with Crippen LogP contribution in [0.3, 0.4) is 0 Å². The topological polar surface area (TPSA) is 66.8 Å². The fraction of sp³-hybridized carbons (Fsp3) is 0.154. The van der Waals surface area contributed by atoms with Crippen LogP contribution in [0.4, 0.5) is 0 Å². The van der Waals surface area contributed by atoms with Crippen molar-refractivity contribution in [3.63, 3.8) is 0 Å². The van der Waals surface area contributed by atoms with Gasteiger partial charge in [-0.25, -0.2) is 0 Å². The molecule has 0 saturated carbocycles. The summed E-state index contributed by atoms with van der Waals surface area (Å²) in [5.74, 6) is -0.978. The monoisotopic (exact) mass is 413 g/mol. The number of Topliss-reactive ketones (excluding diaryl/α,β-unsaturated/α-hetero) is 1. The zero-order chi connectivity index (χ0) is 22.0. The maximum absolute atomic E-state index is 13.1. The van der Waals surface area contributed by atoms with Crippen molar-refractivity contribution in [3.8, 4) is 5.75 Å². The zero-order valence-corrected chi connectivity index (χ0v) is 17.4. The van der Waals surface area contributed by atoms with Gasteiger partial charge in [-0.1, -0.05) is 72.3 Å². The molecule has 0 spiro atoms. The standard InChI is InChI=1S/C26H23NO4/c1-17-11-13-19(14-12-17)23-22(24(28)20-9-6-10-21(15-20)31-2)25(29)26(30)27(23)16-18-7-4-3-5-8-18/h3-15,23,28H,16H2,1-2H3. The zero-order valence-electron chi connectivity index (χ0n) is 17.4. The number of hydrogen-bond acceptors (Lipinski definition) is 4. The number of benzene rings is 3. The second-order valence-electron chi connectivity index (χ2n) is 7.56. The molecule has 156 valence electrons. The summed E-state index contributed by atoms with van der Waals surface area (Å²) in [6.45, 7) is 2.24. The van der Waals surface area contributed by atoms with Gasteiger partial charge in [-0.15, -0.1) is 0 Å². The van der Waals surface area contributed by atoms with E-state index in [-0.39, 0.29) is 17.9 Å². The highest BCUT2D eigenvalue weighted by Gasteiger charge is 2.46. The maximum Gasteiger partial charge on any atom is 0.295 e. The van der Waals surface area contributed by atoms with E-state index in [0.29, 0.717) is 11.3 Å². The van der Waals surface area contributed by atoms with E-state index in [9.17, 15) is 14.7 Å². The van der Waals surface area contributed by atoms with Crippen LogP contribution in [0.5, 0.6) is 5.75 Å². The van der Waals surface area contributed by atoms with E-state index in [4.69, 9.17) is 4.74 Å². The number of likely N-dealkylation sites (tertiary alicyclic amines) is 1. The minimum atomic E-state index is -0.693. The molecule has 1 unspecified atom stereocenters. The average Bonchev–Trinajstić information content (AvgIpc) is 3.05. The van der Waals surface area contributed by atoms with Crippen molar-refractivity contribution in [1.82, 2.24) is 4.90 Å². The third-order valence-electron chi connectivity index (χ3n) is 5.47. The molecule has 5 heteroatoms. The molecule has 3 aromatic carbocycles. The Kier molecular flexibility index (Phi) is 5.58. The molecular weight excluding hydrogens is 390 g/mol. The molecule has 1 atom stereocenters. The Balaban J connectivity index is 1.86. The predicted molar refractivity (Wildman–Crippen MR) is 118 cm³/mol. The molecule has 1 heterocycles. The number of nitrogens with zero attached hydrogens (tertiary/aromatic N) is 1. The largest absolute Gasteiger partial charge is 0.507 e. The number of aliphatic hydroxyl groups excluding tert-OH is 1. The summed E-state index contributed by atoms with van der Waals surface area (Å²) in [6, 6.07) is 23.3. The summed E-state index contributed by atoms with van der Waals surface area (Å²) in [5, 5.41) is 11.1. The first kappa shape index (κ1) is 20.4. The number of hydrogen-bond donors (Lipinski definition) is 1. The molecule has 1 aliphatic rings. The lowest BCUT2D eigenvalue weighted by atomic mass is 9.94. The second kappa shape index (κ2) is 8.48. The molecule has 0 aromatic heterocycles. The molecule has 1 saturated heterocycles. The van der Waals surface area contributed by atoms with Gasteiger partial charge in [0.05, 0.1) is 18.7 Å². The molecule has 0 radical (unpaired) electrons. The fourth-order valence-electron chi connectivity index (χ4n) is 3.84. The van der Waals surface area contributed by atoms with Crippen molar-refractivity contribution in [2.24, 2.45) is 0 Å². The van der Waals surface area contributed by atoms with Crippen molar-refractivity contribution >= 4 is 17.4 Å². The molecule has 1 aliphatic heterocycles. The first-order valence-corrected chi connectivity index (χ1v) is 10.0. The van der Waals surface area contributed by atoms with Crippen molar-refractivity contribution in [2.45, 2.75) is 19.5 Å². The molecule has 0 bridgehead atoms. The highest BCUT2D eigenvalue weighted by molar-refractivity contribution is 6.46. The van der Waals surface area contributed by atoms with Crippen LogP contribution in [0.25, 0.3) is 5.76 Å². The van der Waals surface area contributed by atoms with E-state index >= 15 is 0 Å². The summed E-state index contributed by atoms with van der Waals surface area (Å²) in [5.41, 5.74) is 3.25. The first-order chi connectivity index (χ1) is 15.0. The summed E-state index contributed by atoms with van der Waals surface area (Å²) in [4.78, 5) is 27.6. The van der Waals surface area contributed by atoms with Crippen LogP contribution in [-0.4, -0.2) is 28.8 Å². The van der Waals surface area contributed by atoms with Crippen LogP contribution in [0.1, 0.15) is 28.3 Å². The number of carbonyl (C=O) groups is 2. The molecule has 3 aromatic rings. The Morgan fingerprint density at radius 1 is 0.968 bits per heavy atom. The summed E-state index contributed by atoms with van der Waals surface area (Å²) < 4.78 is 5.24. The second-order valence-corrected chi connectivity index (χ2v) is 7.56. The number of aliphatic hydroxyl groups is 1. The van der Waals surface area contributed by atoms with Crippen LogP contribution >= 0.6 is 0 Å². The number of ether oxygens (including phenoxy) is 1. The van der Waals surface area contributed by atoms with E-state index in [2.05, 4.69) is 0 Å². The lowest BCUT2D eigenvalue weighted by Gasteiger charge is -2.25. The van der Waals surface area contributed by atoms with Crippen molar-refractivity contribution in [1.29, 1.82) is 0 Å². The Hall–Kier alpha value is -3.86. The highest BCUT2D eigenvalue weighted by Crippen LogP contribution is 2.40. The lowest BCUT2D eigenvalue weighted by Crippen LogP contribution is -2.29. The van der Waals surface area contributed by atoms with E-state index in [1.165, 1.54) is 12.0 Å². The number of amides is 1. The van der Waals surface area contributed by atoms with Gasteiger partial charge in [-0.2, -0.15) is 0 Å². The van der Waals surface area contributed by atoms with Crippen molar-refractivity contribution < 1.29 is 19.4 Å². The van der Waals surface area contributed by atoms with Crippen molar-refractivity contribution in [2.75, 3.05) is 7.11 Å². The lowest BCUT2D eigenvalue weighted by molar-refractivity contribution is -0.140. The molecule has 0 aliphatic carbocycles. The number of aryl methyl sites for hydroxylation is 1. The summed E-state index contributed by atoms with van der Waals surface area (Å²) in [6.07, 6.45) is 0. The smallest absolute Gasteiger partial charge is 0.295 e. The Labute approximate surface area is 181 Å². The molecule has 4 rings (SSSR count). The molecule has 5 nitrogen and oxygen atoms in total. The highest BCUT2D eigenvalue weighted by atomic mass is 16.5. The van der Waals surface area contributed by atoms with E-state index < -0.39 is 17.7 Å². The van der Waals surface area contributed by atoms with Crippen molar-refractivity contribution in [3.05, 3.63) is 107 Å². The Bertz CT molecular complexity index is 1150. The van der Waals surface area contributed by atoms with Gasteiger partial charge in [0, 0.05) is 12.1 Å². The molecular formula is C26H23NO4. The number of carbonyl (C=O) groups excluding carboxylic acids is 2. The minimum absolute atomic E-state index is 0.0815. The van der Waals surface area contributed by atoms with Gasteiger partial charge in [-0.3, -0.25) is 9.59 Å². The summed E-state index contributed by atoms with van der Waals surface area (Å²) >= 11 is 0. The SMILES string of the molecule is COc1cccc(C(O)=C2C(=O)C(=O)N(Cc3ccccc3)C2c2ccc(C)cc2)c1. The Morgan fingerprint density at radius 3 is 2.35 bits per heavy atom. The quantitative estimate of drug-likeness (QED) is 0.376. The van der Waals surface area contributed by atoms with Gasteiger partial charge in [0.2, 0.25) is 0 Å². The van der Waals surface area contributed by atoms with Crippen LogP contribution in [0.2, 0.25) is 0 Å². The minimum Gasteiger partial charge on any atom is -0.507 e. The third kappa shape index (κ3) is 3.94. The van der Waals surface area contributed by atoms with Gasteiger partial charge >= 0.3 is 0 Å². The van der Waals surface area contributed by atoms with Gasteiger partial charge in [0.1, 0.15) is 11.5 Å². The van der Waals surface area contributed by atoms with Crippen LogP contribution in [-0.2, 0) is 16.1 Å². The Morgan fingerprint density at radius 2 is 1.68 bits per heavy atom. The number of rotatable bonds is 5. The predicted octanol–water partition coefficient (Wildman–Crippen LogP) is 4.63. The van der Waals surface area contributed by atoms with E-state index in [0.717, 1.165) is 16.7 Å². The van der Waals surface area contributed by atoms with E-state index in [1.54, 1.807) is 24.3 Å². The van der Waals surface area contributed by atoms with Crippen LogP contribution in [0, 0.1) is 6.92 Å². The number of ketones is 1. The van der Waals surface area contributed by atoms with Crippen LogP contribution in [0.15, 0.2) is 84.4 Å².